The van der Waals surface area contributed by atoms with Crippen molar-refractivity contribution in [3.8, 4) is 5.75 Å². The first-order chi connectivity index (χ1) is 7.13. The molecule has 0 saturated carbocycles. The fourth-order valence-electron chi connectivity index (χ4n) is 0.900. The largest absolute Gasteiger partial charge is 0.465 e. The van der Waals surface area contributed by atoms with Crippen LogP contribution in [0.2, 0.25) is 0 Å². The summed E-state index contributed by atoms with van der Waals surface area (Å²) in [4.78, 5) is 11.0. The van der Waals surface area contributed by atoms with Crippen molar-refractivity contribution in [2.24, 2.45) is 0 Å². The summed E-state index contributed by atoms with van der Waals surface area (Å²) in [5.74, 6) is -0.274. The van der Waals surface area contributed by atoms with Gasteiger partial charge in [0, 0.05) is 0 Å². The van der Waals surface area contributed by atoms with Gasteiger partial charge in [0.2, 0.25) is 0 Å². The molecular formula is C10H8F2O3. The molecular weight excluding hydrogens is 206 g/mol. The van der Waals surface area contributed by atoms with Gasteiger partial charge in [-0.3, -0.25) is 0 Å². The van der Waals surface area contributed by atoms with E-state index in [2.05, 4.69) is 9.47 Å². The summed E-state index contributed by atoms with van der Waals surface area (Å²) in [5, 5.41) is 0. The fourth-order valence-corrected chi connectivity index (χ4v) is 0.900. The highest BCUT2D eigenvalue weighted by molar-refractivity contribution is 5.89. The van der Waals surface area contributed by atoms with Gasteiger partial charge in [0.1, 0.15) is 5.75 Å². The molecule has 0 radical (unpaired) electrons. The summed E-state index contributed by atoms with van der Waals surface area (Å²) in [6.07, 6.45) is -1.60. The number of benzene rings is 1. The number of carbonyl (C=O) groups excluding carboxylic acids is 1. The Morgan fingerprint density at radius 3 is 2.33 bits per heavy atom. The first-order valence-corrected chi connectivity index (χ1v) is 3.99. The summed E-state index contributed by atoms with van der Waals surface area (Å²) in [6, 6.07) is 5.63. The molecule has 0 aliphatic carbocycles. The van der Waals surface area contributed by atoms with E-state index in [1.54, 1.807) is 0 Å². The van der Waals surface area contributed by atoms with Crippen molar-refractivity contribution in [1.82, 2.24) is 0 Å². The van der Waals surface area contributed by atoms with E-state index in [1.807, 2.05) is 0 Å². The second kappa shape index (κ2) is 5.09. The first-order valence-electron chi connectivity index (χ1n) is 3.99. The molecule has 0 spiro atoms. The zero-order valence-electron chi connectivity index (χ0n) is 7.87. The molecule has 0 N–H and O–H groups in total. The Balaban J connectivity index is 2.72. The third-order valence-corrected chi connectivity index (χ3v) is 1.56. The Morgan fingerprint density at radius 1 is 1.27 bits per heavy atom. The molecule has 15 heavy (non-hydrogen) atoms. The number of esters is 1. The van der Waals surface area contributed by atoms with Gasteiger partial charge in [0.05, 0.1) is 12.7 Å². The van der Waals surface area contributed by atoms with Crippen LogP contribution in [0.1, 0.15) is 10.4 Å². The predicted octanol–water partition coefficient (Wildman–Crippen LogP) is 2.59. The maximum Gasteiger partial charge on any atom is 0.337 e. The Labute approximate surface area is 84.9 Å². The summed E-state index contributed by atoms with van der Waals surface area (Å²) < 4.78 is 32.3. The molecule has 1 aromatic carbocycles. The van der Waals surface area contributed by atoms with Crippen LogP contribution in [0.15, 0.2) is 36.6 Å². The third kappa shape index (κ3) is 3.38. The third-order valence-electron chi connectivity index (χ3n) is 1.56. The van der Waals surface area contributed by atoms with Crippen molar-refractivity contribution in [2.45, 2.75) is 0 Å². The summed E-state index contributed by atoms with van der Waals surface area (Å²) >= 11 is 0. The minimum Gasteiger partial charge on any atom is -0.465 e. The Bertz CT molecular complexity index is 367. The number of halogens is 2. The van der Waals surface area contributed by atoms with E-state index in [9.17, 15) is 13.6 Å². The molecule has 0 aliphatic rings. The molecule has 0 fully saturated rings. The van der Waals surface area contributed by atoms with E-state index in [0.29, 0.717) is 11.8 Å². The molecule has 1 aromatic rings. The van der Waals surface area contributed by atoms with E-state index < -0.39 is 12.0 Å². The van der Waals surface area contributed by atoms with Crippen LogP contribution in [0.3, 0.4) is 0 Å². The van der Waals surface area contributed by atoms with E-state index in [4.69, 9.17) is 0 Å². The minimum absolute atomic E-state index is 0.218. The molecule has 0 aliphatic heterocycles. The molecule has 3 nitrogen and oxygen atoms in total. The monoisotopic (exact) mass is 214 g/mol. The maximum atomic E-state index is 11.6. The lowest BCUT2D eigenvalue weighted by molar-refractivity contribution is 0.0600. The molecule has 0 bridgehead atoms. The van der Waals surface area contributed by atoms with Crippen LogP contribution < -0.4 is 4.74 Å². The number of hydrogen-bond donors (Lipinski definition) is 0. The second-order valence-corrected chi connectivity index (χ2v) is 2.54. The van der Waals surface area contributed by atoms with Crippen LogP contribution in [0.5, 0.6) is 5.75 Å². The summed E-state index contributed by atoms with van der Waals surface area (Å²) in [5.41, 5.74) is 0.328. The molecule has 0 saturated heterocycles. The van der Waals surface area contributed by atoms with E-state index in [1.165, 1.54) is 31.4 Å². The van der Waals surface area contributed by atoms with Crippen LogP contribution in [-0.4, -0.2) is 13.1 Å². The van der Waals surface area contributed by atoms with Crippen LogP contribution in [0.4, 0.5) is 8.78 Å². The van der Waals surface area contributed by atoms with Crippen LogP contribution in [-0.2, 0) is 4.74 Å². The van der Waals surface area contributed by atoms with Crippen molar-refractivity contribution in [3.63, 3.8) is 0 Å². The highest BCUT2D eigenvalue weighted by Crippen LogP contribution is 2.14. The highest BCUT2D eigenvalue weighted by atomic mass is 19.3. The smallest absolute Gasteiger partial charge is 0.337 e. The van der Waals surface area contributed by atoms with Gasteiger partial charge in [-0.15, -0.1) is 0 Å². The van der Waals surface area contributed by atoms with Gasteiger partial charge in [0.15, 0.2) is 6.26 Å². The fraction of sp³-hybridized carbons (Fsp3) is 0.100. The molecule has 5 heteroatoms. The average Bonchev–Trinajstić information content (AvgIpc) is 2.26. The van der Waals surface area contributed by atoms with Crippen molar-refractivity contribution in [3.05, 3.63) is 42.2 Å². The number of carbonyl (C=O) groups is 1. The number of ether oxygens (including phenoxy) is 2. The second-order valence-electron chi connectivity index (χ2n) is 2.54. The molecule has 0 aromatic heterocycles. The molecule has 0 heterocycles. The molecule has 0 amide bonds. The normalized spacial score (nSPS) is 9.27. The number of hydrogen-bond acceptors (Lipinski definition) is 3. The first kappa shape index (κ1) is 11.2. The van der Waals surface area contributed by atoms with Crippen molar-refractivity contribution >= 4 is 5.97 Å². The summed E-state index contributed by atoms with van der Waals surface area (Å²) in [6.45, 7) is 0. The minimum atomic E-state index is -1.92. The van der Waals surface area contributed by atoms with Gasteiger partial charge in [0.25, 0.3) is 0 Å². The van der Waals surface area contributed by atoms with Gasteiger partial charge < -0.3 is 9.47 Å². The van der Waals surface area contributed by atoms with Gasteiger partial charge in [-0.05, 0) is 24.3 Å². The SMILES string of the molecule is COC(=O)c1ccc(OC=C(F)F)cc1. The van der Waals surface area contributed by atoms with Gasteiger partial charge >= 0.3 is 12.0 Å². The Hall–Kier alpha value is -1.91. The Morgan fingerprint density at radius 2 is 1.87 bits per heavy atom. The van der Waals surface area contributed by atoms with Gasteiger partial charge in [-0.1, -0.05) is 0 Å². The predicted molar refractivity (Wildman–Crippen MR) is 48.7 cm³/mol. The van der Waals surface area contributed by atoms with Crippen molar-refractivity contribution < 1.29 is 23.0 Å². The lowest BCUT2D eigenvalue weighted by Gasteiger charge is -2.01. The molecule has 1 rings (SSSR count). The number of rotatable bonds is 3. The van der Waals surface area contributed by atoms with Gasteiger partial charge in [-0.25, -0.2) is 4.79 Å². The Kier molecular flexibility index (Phi) is 3.79. The number of methoxy groups -OCH3 is 1. The van der Waals surface area contributed by atoms with Crippen molar-refractivity contribution in [2.75, 3.05) is 7.11 Å². The quantitative estimate of drug-likeness (QED) is 0.573. The van der Waals surface area contributed by atoms with E-state index >= 15 is 0 Å². The van der Waals surface area contributed by atoms with Gasteiger partial charge in [-0.2, -0.15) is 8.78 Å². The molecule has 0 unspecified atom stereocenters. The average molecular weight is 214 g/mol. The zero-order chi connectivity index (χ0) is 11.3. The standard InChI is InChI=1S/C10H8F2O3/c1-14-10(13)7-2-4-8(5-3-7)15-6-9(11)12/h2-6H,1H3. The lowest BCUT2D eigenvalue weighted by Crippen LogP contribution is -2.00. The maximum absolute atomic E-state index is 11.6. The van der Waals surface area contributed by atoms with Crippen LogP contribution >= 0.6 is 0 Å². The highest BCUT2D eigenvalue weighted by Gasteiger charge is 2.04. The van der Waals surface area contributed by atoms with Crippen molar-refractivity contribution in [1.29, 1.82) is 0 Å². The zero-order valence-corrected chi connectivity index (χ0v) is 7.87. The summed E-state index contributed by atoms with van der Waals surface area (Å²) in [7, 11) is 1.26. The van der Waals surface area contributed by atoms with E-state index in [-0.39, 0.29) is 5.75 Å². The molecule has 80 valence electrons. The topological polar surface area (TPSA) is 35.5 Å². The lowest BCUT2D eigenvalue weighted by atomic mass is 10.2. The van der Waals surface area contributed by atoms with E-state index in [0.717, 1.165) is 0 Å². The molecule has 0 atom stereocenters. The van der Waals surface area contributed by atoms with Crippen LogP contribution in [0, 0.1) is 0 Å². The van der Waals surface area contributed by atoms with Crippen LogP contribution in [0.25, 0.3) is 0 Å².